The standard InChI is InChI=1S/C16H18.C15H16.3C14H14/c1-11-5-7-15(8-6-11)16-13(3)9-12(2)10-14(16)4;1-11-4-6-14(7-5-11)15-9-12(2)8-13(3)10-15;1-11-5-3-7-13(9-11)14-8-4-6-12(2)10-14;1-11-6-5-8-13(10-11)14-9-4-3-7-12(14)2;1-11-6-8-13(9-7-11)14-5-3-4-12(2)10-14/h5-10H,1-4H3;4-10H,1-3H3;3*3-10H,1-2H3. The molecule has 10 aromatic rings. The van der Waals surface area contributed by atoms with Crippen LogP contribution in [0.25, 0.3) is 55.6 Å². The molecule has 10 rings (SSSR count). The van der Waals surface area contributed by atoms with Crippen LogP contribution in [0.1, 0.15) is 72.3 Å². The molecule has 0 aliphatic carbocycles. The molecule has 0 nitrogen and oxygen atoms in total. The van der Waals surface area contributed by atoms with Crippen LogP contribution in [0.2, 0.25) is 0 Å². The van der Waals surface area contributed by atoms with E-state index in [1.807, 2.05) is 0 Å². The molecular weight excluding hydrogens is 877 g/mol. The molecule has 0 heteroatoms. The molecule has 0 spiro atoms. The summed E-state index contributed by atoms with van der Waals surface area (Å²) in [6.07, 6.45) is 0. The number of hydrogen-bond acceptors (Lipinski definition) is 0. The molecular formula is C73H76. The zero-order valence-corrected chi connectivity index (χ0v) is 45.9. The van der Waals surface area contributed by atoms with Crippen LogP contribution in [0.4, 0.5) is 0 Å². The first-order chi connectivity index (χ1) is 35.0. The Hall–Kier alpha value is -7.80. The first kappa shape index (κ1) is 54.5. The summed E-state index contributed by atoms with van der Waals surface area (Å²) in [5, 5.41) is 0. The van der Waals surface area contributed by atoms with E-state index in [0.29, 0.717) is 0 Å². The molecule has 0 aromatic heterocycles. The van der Waals surface area contributed by atoms with E-state index in [0.717, 1.165) is 0 Å². The Bertz CT molecular complexity index is 3240. The van der Waals surface area contributed by atoms with Crippen LogP contribution < -0.4 is 0 Å². The lowest BCUT2D eigenvalue weighted by Gasteiger charge is -2.11. The van der Waals surface area contributed by atoms with Gasteiger partial charge in [-0.05, 0) is 162 Å². The fourth-order valence-corrected chi connectivity index (χ4v) is 9.17. The average Bonchev–Trinajstić information content (AvgIpc) is 3.35. The topological polar surface area (TPSA) is 0 Å². The third kappa shape index (κ3) is 16.9. The van der Waals surface area contributed by atoms with E-state index in [9.17, 15) is 0 Å². The summed E-state index contributed by atoms with van der Waals surface area (Å²) in [5.74, 6) is 0. The molecule has 0 atom stereocenters. The van der Waals surface area contributed by atoms with E-state index < -0.39 is 0 Å². The Morgan fingerprint density at radius 3 is 0.877 bits per heavy atom. The van der Waals surface area contributed by atoms with Gasteiger partial charge in [0.15, 0.2) is 0 Å². The predicted molar refractivity (Wildman–Crippen MR) is 321 cm³/mol. The normalized spacial score (nSPS) is 10.3. The number of rotatable bonds is 5. The maximum atomic E-state index is 2.25. The van der Waals surface area contributed by atoms with Gasteiger partial charge in [-0.3, -0.25) is 0 Å². The van der Waals surface area contributed by atoms with Gasteiger partial charge in [0.1, 0.15) is 0 Å². The minimum atomic E-state index is 1.29. The lowest BCUT2D eigenvalue weighted by atomic mass is 9.93. The lowest BCUT2D eigenvalue weighted by molar-refractivity contribution is 1.32. The van der Waals surface area contributed by atoms with Gasteiger partial charge in [0.25, 0.3) is 0 Å². The van der Waals surface area contributed by atoms with E-state index in [4.69, 9.17) is 0 Å². The zero-order valence-electron chi connectivity index (χ0n) is 45.9. The molecule has 0 saturated heterocycles. The van der Waals surface area contributed by atoms with Gasteiger partial charge in [-0.1, -0.05) is 280 Å². The maximum absolute atomic E-state index is 2.25. The van der Waals surface area contributed by atoms with Gasteiger partial charge < -0.3 is 0 Å². The van der Waals surface area contributed by atoms with Crippen molar-refractivity contribution in [3.8, 4) is 55.6 Å². The smallest absolute Gasteiger partial charge is 0.0125 e. The van der Waals surface area contributed by atoms with Gasteiger partial charge in [0.05, 0.1) is 0 Å². The molecule has 0 heterocycles. The van der Waals surface area contributed by atoms with Gasteiger partial charge in [-0.25, -0.2) is 0 Å². The highest BCUT2D eigenvalue weighted by molar-refractivity contribution is 5.72. The van der Waals surface area contributed by atoms with Crippen molar-refractivity contribution in [1.82, 2.24) is 0 Å². The second-order valence-corrected chi connectivity index (χ2v) is 20.0. The molecule has 0 aliphatic rings. The summed E-state index contributed by atoms with van der Waals surface area (Å²) in [4.78, 5) is 0. The Labute approximate surface area is 440 Å². The van der Waals surface area contributed by atoms with Crippen molar-refractivity contribution in [2.75, 3.05) is 0 Å². The third-order valence-corrected chi connectivity index (χ3v) is 12.9. The van der Waals surface area contributed by atoms with Crippen LogP contribution in [-0.4, -0.2) is 0 Å². The molecule has 0 saturated carbocycles. The van der Waals surface area contributed by atoms with Crippen molar-refractivity contribution in [3.63, 3.8) is 0 Å². The minimum absolute atomic E-state index is 1.29. The summed E-state index contributed by atoms with van der Waals surface area (Å²) in [7, 11) is 0. The molecule has 0 bridgehead atoms. The van der Waals surface area contributed by atoms with Crippen molar-refractivity contribution in [2.24, 2.45) is 0 Å². The van der Waals surface area contributed by atoms with E-state index >= 15 is 0 Å². The quantitative estimate of drug-likeness (QED) is 0.161. The van der Waals surface area contributed by atoms with Crippen LogP contribution >= 0.6 is 0 Å². The Morgan fingerprint density at radius 2 is 0.479 bits per heavy atom. The van der Waals surface area contributed by atoms with E-state index in [1.165, 1.54) is 128 Å². The second-order valence-electron chi connectivity index (χ2n) is 20.0. The Kier molecular flexibility index (Phi) is 19.9. The molecule has 368 valence electrons. The van der Waals surface area contributed by atoms with Gasteiger partial charge >= 0.3 is 0 Å². The Balaban J connectivity index is 0.000000149. The fraction of sp³-hybridized carbons (Fsp3) is 0.178. The number of hydrogen-bond donors (Lipinski definition) is 0. The maximum Gasteiger partial charge on any atom is -0.0125 e. The van der Waals surface area contributed by atoms with Crippen LogP contribution in [0.15, 0.2) is 224 Å². The largest absolute Gasteiger partial charge is 0.0620 e. The molecule has 0 fully saturated rings. The van der Waals surface area contributed by atoms with E-state index in [-0.39, 0.29) is 0 Å². The molecule has 0 unspecified atom stereocenters. The first-order valence-corrected chi connectivity index (χ1v) is 25.7. The molecule has 73 heavy (non-hydrogen) atoms. The zero-order chi connectivity index (χ0) is 52.4. The van der Waals surface area contributed by atoms with E-state index in [1.54, 1.807) is 0 Å². The summed E-state index contributed by atoms with van der Waals surface area (Å²) in [6, 6.07) is 80.2. The fourth-order valence-electron chi connectivity index (χ4n) is 9.17. The highest BCUT2D eigenvalue weighted by Crippen LogP contribution is 2.29. The van der Waals surface area contributed by atoms with Crippen LogP contribution in [0.5, 0.6) is 0 Å². The van der Waals surface area contributed by atoms with Crippen molar-refractivity contribution >= 4 is 0 Å². The van der Waals surface area contributed by atoms with E-state index in [2.05, 4.69) is 314 Å². The molecule has 10 aromatic carbocycles. The van der Waals surface area contributed by atoms with Crippen molar-refractivity contribution < 1.29 is 0 Å². The molecule has 0 radical (unpaired) electrons. The average molecular weight is 953 g/mol. The number of benzene rings is 10. The van der Waals surface area contributed by atoms with Crippen LogP contribution in [-0.2, 0) is 0 Å². The summed E-state index contributed by atoms with van der Waals surface area (Å²) in [6.45, 7) is 27.8. The number of aryl methyl sites for hydroxylation is 13. The summed E-state index contributed by atoms with van der Waals surface area (Å²) < 4.78 is 0. The van der Waals surface area contributed by atoms with Crippen molar-refractivity contribution in [2.45, 2.75) is 90.0 Å². The van der Waals surface area contributed by atoms with Crippen molar-refractivity contribution in [1.29, 1.82) is 0 Å². The second kappa shape index (κ2) is 26.6. The van der Waals surface area contributed by atoms with Gasteiger partial charge in [-0.15, -0.1) is 0 Å². The summed E-state index contributed by atoms with van der Waals surface area (Å²) in [5.41, 5.74) is 30.3. The Morgan fingerprint density at radius 1 is 0.164 bits per heavy atom. The van der Waals surface area contributed by atoms with Gasteiger partial charge in [0.2, 0.25) is 0 Å². The summed E-state index contributed by atoms with van der Waals surface area (Å²) >= 11 is 0. The van der Waals surface area contributed by atoms with Crippen molar-refractivity contribution in [3.05, 3.63) is 297 Å². The minimum Gasteiger partial charge on any atom is -0.0620 e. The SMILES string of the molecule is Cc1ccc(-c2c(C)cc(C)cc2C)cc1.Cc1ccc(-c2cc(C)cc(C)c2)cc1.Cc1ccc(-c2cccc(C)c2)cc1.Cc1cccc(-c2cccc(C)c2)c1.Cc1cccc(-c2ccccc2C)c1. The lowest BCUT2D eigenvalue weighted by Crippen LogP contribution is -1.90. The molecule has 0 N–H and O–H groups in total. The molecule has 0 aliphatic heterocycles. The highest BCUT2D eigenvalue weighted by atomic mass is 14.1. The first-order valence-electron chi connectivity index (χ1n) is 25.7. The monoisotopic (exact) mass is 953 g/mol. The third-order valence-electron chi connectivity index (χ3n) is 12.9. The predicted octanol–water partition coefficient (Wildman–Crippen LogP) is 20.8. The molecule has 0 amide bonds. The highest BCUT2D eigenvalue weighted by Gasteiger charge is 2.06. The van der Waals surface area contributed by atoms with Crippen LogP contribution in [0, 0.1) is 90.0 Å². The van der Waals surface area contributed by atoms with Gasteiger partial charge in [-0.2, -0.15) is 0 Å². The van der Waals surface area contributed by atoms with Crippen LogP contribution in [0.3, 0.4) is 0 Å². The van der Waals surface area contributed by atoms with Gasteiger partial charge in [0, 0.05) is 0 Å².